The zero-order chi connectivity index (χ0) is 26.0. The number of carbonyl (C=O) groups is 1. The minimum atomic E-state index is -4.42. The van der Waals surface area contributed by atoms with Gasteiger partial charge >= 0.3 is 6.18 Å². The van der Waals surface area contributed by atoms with Gasteiger partial charge < -0.3 is 10.2 Å². The van der Waals surface area contributed by atoms with Gasteiger partial charge in [-0.05, 0) is 49.4 Å². The Balaban J connectivity index is 1.41. The number of aromatic nitrogens is 2. The van der Waals surface area contributed by atoms with E-state index in [1.807, 2.05) is 54.3 Å². The van der Waals surface area contributed by atoms with E-state index < -0.39 is 17.8 Å². The van der Waals surface area contributed by atoms with E-state index in [0.29, 0.717) is 35.9 Å². The normalized spacial score (nSPS) is 18.0. The van der Waals surface area contributed by atoms with Crippen molar-refractivity contribution in [3.05, 3.63) is 95.0 Å². The zero-order valence-corrected chi connectivity index (χ0v) is 20.9. The van der Waals surface area contributed by atoms with Gasteiger partial charge in [-0.3, -0.25) is 4.79 Å². The molecule has 2 atom stereocenters. The third-order valence-electron chi connectivity index (χ3n) is 6.61. The van der Waals surface area contributed by atoms with E-state index in [0.717, 1.165) is 22.2 Å². The summed E-state index contributed by atoms with van der Waals surface area (Å²) in [4.78, 5) is 25.6. The van der Waals surface area contributed by atoms with E-state index in [9.17, 15) is 18.0 Å². The van der Waals surface area contributed by atoms with Crippen molar-refractivity contribution < 1.29 is 18.0 Å². The SMILES string of the molecule is Cc1sc(NC(=O)C2CC(c3cccc(C(F)(F)F)c3)CCN2c2ccccn2)nc1-c1ccccc1. The van der Waals surface area contributed by atoms with Gasteiger partial charge in [0.1, 0.15) is 11.9 Å². The summed E-state index contributed by atoms with van der Waals surface area (Å²) in [7, 11) is 0. The lowest BCUT2D eigenvalue weighted by atomic mass is 9.84. The molecule has 5 nitrogen and oxygen atoms in total. The predicted molar refractivity (Wildman–Crippen MR) is 140 cm³/mol. The molecule has 0 spiro atoms. The summed E-state index contributed by atoms with van der Waals surface area (Å²) < 4.78 is 40.0. The van der Waals surface area contributed by atoms with Crippen molar-refractivity contribution in [2.45, 2.75) is 37.9 Å². The van der Waals surface area contributed by atoms with Crippen molar-refractivity contribution in [1.82, 2.24) is 9.97 Å². The first-order valence-electron chi connectivity index (χ1n) is 12.0. The molecule has 1 aliphatic rings. The molecular formula is C28H25F3N4OS. The van der Waals surface area contributed by atoms with Crippen LogP contribution in [0.2, 0.25) is 0 Å². The number of hydrogen-bond acceptors (Lipinski definition) is 5. The Labute approximate surface area is 217 Å². The second kappa shape index (κ2) is 10.3. The lowest BCUT2D eigenvalue weighted by Crippen LogP contribution is -2.49. The highest BCUT2D eigenvalue weighted by Gasteiger charge is 2.37. The molecule has 2 aromatic carbocycles. The van der Waals surface area contributed by atoms with Crippen molar-refractivity contribution in [2.24, 2.45) is 0 Å². The van der Waals surface area contributed by atoms with E-state index in [1.165, 1.54) is 23.5 Å². The predicted octanol–water partition coefficient (Wildman–Crippen LogP) is 6.92. The quantitative estimate of drug-likeness (QED) is 0.309. The fourth-order valence-corrected chi connectivity index (χ4v) is 5.62. The molecule has 0 radical (unpaired) electrons. The molecule has 3 heterocycles. The largest absolute Gasteiger partial charge is 0.416 e. The van der Waals surface area contributed by atoms with E-state index in [4.69, 9.17) is 0 Å². The van der Waals surface area contributed by atoms with Gasteiger partial charge in [-0.1, -0.05) is 54.6 Å². The first kappa shape index (κ1) is 25.0. The van der Waals surface area contributed by atoms with Crippen LogP contribution in [0.4, 0.5) is 24.1 Å². The van der Waals surface area contributed by atoms with Crippen LogP contribution in [0.25, 0.3) is 11.3 Å². The molecule has 0 aliphatic carbocycles. The van der Waals surface area contributed by atoms with Crippen molar-refractivity contribution in [1.29, 1.82) is 0 Å². The third kappa shape index (κ3) is 5.51. The number of rotatable bonds is 5. The number of pyridine rings is 1. The van der Waals surface area contributed by atoms with Gasteiger partial charge in [-0.25, -0.2) is 9.97 Å². The van der Waals surface area contributed by atoms with Crippen molar-refractivity contribution in [3.63, 3.8) is 0 Å². The lowest BCUT2D eigenvalue weighted by Gasteiger charge is -2.39. The summed E-state index contributed by atoms with van der Waals surface area (Å²) in [6.45, 7) is 2.45. The molecule has 37 heavy (non-hydrogen) atoms. The van der Waals surface area contributed by atoms with Crippen LogP contribution in [-0.4, -0.2) is 28.5 Å². The van der Waals surface area contributed by atoms with E-state index in [1.54, 1.807) is 18.3 Å². The lowest BCUT2D eigenvalue weighted by molar-refractivity contribution is -0.137. The molecule has 0 bridgehead atoms. The first-order valence-corrected chi connectivity index (χ1v) is 12.8. The number of nitrogens with zero attached hydrogens (tertiary/aromatic N) is 3. The Bertz CT molecular complexity index is 1380. The second-order valence-corrected chi connectivity index (χ2v) is 10.2. The Morgan fingerprint density at radius 3 is 2.57 bits per heavy atom. The number of amides is 1. The van der Waals surface area contributed by atoms with Gasteiger partial charge in [0.05, 0.1) is 11.3 Å². The van der Waals surface area contributed by atoms with Crippen LogP contribution >= 0.6 is 11.3 Å². The maximum absolute atomic E-state index is 13.6. The average Bonchev–Trinajstić information content (AvgIpc) is 3.28. The van der Waals surface area contributed by atoms with Crippen LogP contribution in [0.3, 0.4) is 0 Å². The first-order chi connectivity index (χ1) is 17.8. The zero-order valence-electron chi connectivity index (χ0n) is 20.1. The highest BCUT2D eigenvalue weighted by molar-refractivity contribution is 7.16. The number of thiazole rings is 1. The summed E-state index contributed by atoms with van der Waals surface area (Å²) in [6.07, 6.45) is -1.78. The summed E-state index contributed by atoms with van der Waals surface area (Å²) in [5.41, 5.74) is 1.69. The van der Waals surface area contributed by atoms with Crippen LogP contribution in [0.5, 0.6) is 0 Å². The minimum Gasteiger partial charge on any atom is -0.345 e. The number of nitrogens with one attached hydrogen (secondary N) is 1. The Hall–Kier alpha value is -3.72. The van der Waals surface area contributed by atoms with Gasteiger partial charge in [-0.15, -0.1) is 11.3 Å². The van der Waals surface area contributed by atoms with E-state index in [2.05, 4.69) is 15.3 Å². The van der Waals surface area contributed by atoms with Crippen LogP contribution in [0, 0.1) is 6.92 Å². The van der Waals surface area contributed by atoms with Gasteiger partial charge in [0, 0.05) is 23.2 Å². The molecule has 190 valence electrons. The number of alkyl halides is 3. The van der Waals surface area contributed by atoms with Crippen LogP contribution in [0.1, 0.15) is 34.8 Å². The monoisotopic (exact) mass is 522 g/mol. The van der Waals surface area contributed by atoms with Gasteiger partial charge in [0.15, 0.2) is 5.13 Å². The van der Waals surface area contributed by atoms with Crippen molar-refractivity contribution >= 4 is 28.2 Å². The summed E-state index contributed by atoms with van der Waals surface area (Å²) in [6, 6.07) is 20.0. The Kier molecular flexibility index (Phi) is 6.97. The molecule has 1 N–H and O–H groups in total. The molecule has 9 heteroatoms. The second-order valence-electron chi connectivity index (χ2n) is 9.02. The number of benzene rings is 2. The number of carbonyl (C=O) groups excluding carboxylic acids is 1. The number of anilines is 2. The smallest absolute Gasteiger partial charge is 0.345 e. The maximum atomic E-state index is 13.6. The highest BCUT2D eigenvalue weighted by atomic mass is 32.1. The summed E-state index contributed by atoms with van der Waals surface area (Å²) in [5.74, 6) is 0.206. The third-order valence-corrected chi connectivity index (χ3v) is 7.49. The number of piperidine rings is 1. The molecular weight excluding hydrogens is 497 g/mol. The average molecular weight is 523 g/mol. The Morgan fingerprint density at radius 1 is 1.05 bits per heavy atom. The molecule has 1 saturated heterocycles. The highest BCUT2D eigenvalue weighted by Crippen LogP contribution is 2.38. The number of hydrogen-bond donors (Lipinski definition) is 1. The molecule has 2 unspecified atom stereocenters. The molecule has 4 aromatic rings. The summed E-state index contributed by atoms with van der Waals surface area (Å²) >= 11 is 1.40. The van der Waals surface area contributed by atoms with Crippen LogP contribution in [-0.2, 0) is 11.0 Å². The maximum Gasteiger partial charge on any atom is 0.416 e. The molecule has 2 aromatic heterocycles. The van der Waals surface area contributed by atoms with E-state index >= 15 is 0 Å². The number of halogens is 3. The van der Waals surface area contributed by atoms with Crippen molar-refractivity contribution in [2.75, 3.05) is 16.8 Å². The molecule has 5 rings (SSSR count). The minimum absolute atomic E-state index is 0.198. The number of aryl methyl sites for hydroxylation is 1. The molecule has 1 aliphatic heterocycles. The van der Waals surface area contributed by atoms with Crippen LogP contribution in [0.15, 0.2) is 79.0 Å². The fourth-order valence-electron chi connectivity index (χ4n) is 4.79. The van der Waals surface area contributed by atoms with Crippen LogP contribution < -0.4 is 10.2 Å². The van der Waals surface area contributed by atoms with Crippen molar-refractivity contribution in [3.8, 4) is 11.3 Å². The van der Waals surface area contributed by atoms with Gasteiger partial charge in [0.2, 0.25) is 5.91 Å². The molecule has 1 amide bonds. The van der Waals surface area contributed by atoms with E-state index in [-0.39, 0.29) is 11.8 Å². The topological polar surface area (TPSA) is 58.1 Å². The molecule has 1 fully saturated rings. The van der Waals surface area contributed by atoms with Gasteiger partial charge in [0.25, 0.3) is 0 Å². The Morgan fingerprint density at radius 2 is 1.84 bits per heavy atom. The standard InChI is InChI=1S/C28H25F3N4OS/c1-18-25(19-8-3-2-4-9-19)33-27(37-18)34-26(36)23-17-21(13-15-35(23)24-12-5-6-14-32-24)20-10-7-11-22(16-20)28(29,30)31/h2-12,14,16,21,23H,13,15,17H2,1H3,(H,33,34,36). The van der Waals surface area contributed by atoms with Gasteiger partial charge in [-0.2, -0.15) is 13.2 Å². The molecule has 0 saturated carbocycles. The fraction of sp³-hybridized carbons (Fsp3) is 0.250. The summed E-state index contributed by atoms with van der Waals surface area (Å²) in [5, 5.41) is 3.46.